The molecule has 0 bridgehead atoms. The molecule has 0 aromatic rings. The largest absolute Gasteiger partial charge is 0.444 e. The zero-order valence-corrected chi connectivity index (χ0v) is 14.4. The van der Waals surface area contributed by atoms with Crippen LogP contribution in [-0.4, -0.2) is 41.3 Å². The fraction of sp³-hybridized carbons (Fsp3) is 0.833. The summed E-state index contributed by atoms with van der Waals surface area (Å²) >= 11 is 0. The maximum Gasteiger partial charge on any atom is 0.410 e. The molecule has 128 valence electrons. The van der Waals surface area contributed by atoms with Crippen molar-refractivity contribution in [2.24, 2.45) is 17.3 Å². The van der Waals surface area contributed by atoms with E-state index in [-0.39, 0.29) is 35.4 Å². The number of amides is 1. The third-order valence-corrected chi connectivity index (χ3v) is 5.07. The summed E-state index contributed by atoms with van der Waals surface area (Å²) < 4.78 is 5.36. The van der Waals surface area contributed by atoms with Gasteiger partial charge >= 0.3 is 6.09 Å². The predicted molar refractivity (Wildman–Crippen MR) is 84.9 cm³/mol. The van der Waals surface area contributed by atoms with Crippen LogP contribution in [0, 0.1) is 17.3 Å². The Bertz CT molecular complexity index is 516. The monoisotopic (exact) mass is 321 g/mol. The third kappa shape index (κ3) is 3.93. The van der Waals surface area contributed by atoms with Crippen molar-refractivity contribution in [3.8, 4) is 0 Å². The second kappa shape index (κ2) is 5.60. The van der Waals surface area contributed by atoms with Crippen LogP contribution in [-0.2, 0) is 14.3 Å². The number of ketones is 2. The van der Waals surface area contributed by atoms with Crippen molar-refractivity contribution >= 4 is 17.7 Å². The molecular weight excluding hydrogens is 294 g/mol. The van der Waals surface area contributed by atoms with Gasteiger partial charge in [-0.2, -0.15) is 0 Å². The van der Waals surface area contributed by atoms with Gasteiger partial charge in [0.25, 0.3) is 0 Å². The van der Waals surface area contributed by atoms with Crippen molar-refractivity contribution in [3.05, 3.63) is 0 Å². The molecule has 2 aliphatic carbocycles. The maximum atomic E-state index is 11.9. The molecule has 2 saturated carbocycles. The molecule has 1 heterocycles. The fourth-order valence-electron chi connectivity index (χ4n) is 3.92. The number of carbonyl (C=O) groups is 3. The number of Topliss-reactive ketones (excluding diaryl/α,β-unsaturated/α-hetero) is 2. The topological polar surface area (TPSA) is 63.7 Å². The van der Waals surface area contributed by atoms with Crippen LogP contribution in [0.4, 0.5) is 4.79 Å². The number of hydrogen-bond acceptors (Lipinski definition) is 4. The molecule has 0 radical (unpaired) electrons. The highest BCUT2D eigenvalue weighted by Gasteiger charge is 2.54. The minimum atomic E-state index is -0.456. The van der Waals surface area contributed by atoms with Gasteiger partial charge in [0, 0.05) is 30.8 Å². The summed E-state index contributed by atoms with van der Waals surface area (Å²) in [6.07, 6.45) is 4.37. The second-order valence-electron chi connectivity index (χ2n) is 8.77. The van der Waals surface area contributed by atoms with Crippen molar-refractivity contribution in [3.63, 3.8) is 0 Å². The Kier molecular flexibility index (Phi) is 4.01. The molecule has 5 nitrogen and oxygen atoms in total. The highest BCUT2D eigenvalue weighted by Crippen LogP contribution is 2.53. The van der Waals surface area contributed by atoms with Crippen LogP contribution in [0.15, 0.2) is 0 Å². The van der Waals surface area contributed by atoms with Gasteiger partial charge in [-0.1, -0.05) is 0 Å². The molecule has 0 aromatic heterocycles. The van der Waals surface area contributed by atoms with E-state index in [9.17, 15) is 14.4 Å². The first kappa shape index (κ1) is 16.5. The Morgan fingerprint density at radius 1 is 1.13 bits per heavy atom. The summed E-state index contributed by atoms with van der Waals surface area (Å²) in [5.74, 6) is 0.824. The van der Waals surface area contributed by atoms with Crippen LogP contribution in [0.3, 0.4) is 0 Å². The molecule has 1 amide bonds. The summed E-state index contributed by atoms with van der Waals surface area (Å²) in [5.41, 5.74) is -0.245. The Morgan fingerprint density at radius 3 is 2.26 bits per heavy atom. The number of ether oxygens (including phenoxy) is 1. The average Bonchev–Trinajstić information content (AvgIpc) is 3.11. The average molecular weight is 321 g/mol. The number of rotatable bonds is 5. The highest BCUT2D eigenvalue weighted by atomic mass is 16.6. The number of likely N-dealkylation sites (tertiary alicyclic amines) is 1. The third-order valence-electron chi connectivity index (χ3n) is 5.07. The maximum absolute atomic E-state index is 11.9. The number of carbonyl (C=O) groups excluding carboxylic acids is 3. The lowest BCUT2D eigenvalue weighted by molar-refractivity contribution is -0.132. The summed E-state index contributed by atoms with van der Waals surface area (Å²) in [6.45, 7) is 7.10. The predicted octanol–water partition coefficient (Wildman–Crippen LogP) is 2.96. The first-order valence-electron chi connectivity index (χ1n) is 8.68. The molecule has 0 unspecified atom stereocenters. The molecule has 23 heavy (non-hydrogen) atoms. The van der Waals surface area contributed by atoms with E-state index in [1.807, 2.05) is 20.8 Å². The van der Waals surface area contributed by atoms with Crippen LogP contribution in [0.2, 0.25) is 0 Å². The quantitative estimate of drug-likeness (QED) is 0.730. The second-order valence-corrected chi connectivity index (χ2v) is 8.77. The summed E-state index contributed by atoms with van der Waals surface area (Å²) in [5, 5.41) is 0. The normalized spacial score (nSPS) is 23.2. The van der Waals surface area contributed by atoms with E-state index in [2.05, 4.69) is 0 Å². The summed E-state index contributed by atoms with van der Waals surface area (Å²) in [7, 11) is 0. The molecule has 0 N–H and O–H groups in total. The van der Waals surface area contributed by atoms with Gasteiger partial charge in [-0.25, -0.2) is 4.79 Å². The van der Waals surface area contributed by atoms with E-state index in [1.54, 1.807) is 4.90 Å². The zero-order valence-electron chi connectivity index (χ0n) is 14.4. The first-order valence-corrected chi connectivity index (χ1v) is 8.68. The lowest BCUT2D eigenvalue weighted by atomic mass is 9.56. The number of nitrogens with zero attached hydrogens (tertiary/aromatic N) is 1. The van der Waals surface area contributed by atoms with Crippen molar-refractivity contribution in [1.82, 2.24) is 4.90 Å². The van der Waals surface area contributed by atoms with Gasteiger partial charge in [-0.05, 0) is 52.4 Å². The lowest BCUT2D eigenvalue weighted by Crippen LogP contribution is -2.64. The van der Waals surface area contributed by atoms with E-state index in [4.69, 9.17) is 4.74 Å². The van der Waals surface area contributed by atoms with Crippen LogP contribution < -0.4 is 0 Å². The molecule has 3 aliphatic rings. The van der Waals surface area contributed by atoms with Crippen molar-refractivity contribution < 1.29 is 19.1 Å². The molecule has 0 aromatic carbocycles. The smallest absolute Gasteiger partial charge is 0.410 e. The van der Waals surface area contributed by atoms with Gasteiger partial charge in [0.15, 0.2) is 0 Å². The first-order chi connectivity index (χ1) is 10.7. The van der Waals surface area contributed by atoms with E-state index < -0.39 is 5.60 Å². The minimum Gasteiger partial charge on any atom is -0.444 e. The van der Waals surface area contributed by atoms with Gasteiger partial charge in [0.2, 0.25) is 0 Å². The van der Waals surface area contributed by atoms with Crippen LogP contribution >= 0.6 is 0 Å². The Labute approximate surface area is 137 Å². The summed E-state index contributed by atoms with van der Waals surface area (Å²) in [6, 6.07) is 0. The highest BCUT2D eigenvalue weighted by molar-refractivity contribution is 6.01. The van der Waals surface area contributed by atoms with Gasteiger partial charge in [0.1, 0.15) is 17.2 Å². The van der Waals surface area contributed by atoms with Gasteiger partial charge in [-0.3, -0.25) is 9.59 Å². The Hall–Kier alpha value is -1.39. The van der Waals surface area contributed by atoms with E-state index in [0.717, 1.165) is 38.8 Å². The molecule has 5 heteroatoms. The van der Waals surface area contributed by atoms with Crippen molar-refractivity contribution in [1.29, 1.82) is 0 Å². The van der Waals surface area contributed by atoms with Crippen LogP contribution in [0.25, 0.3) is 0 Å². The van der Waals surface area contributed by atoms with Crippen LogP contribution in [0.1, 0.15) is 59.3 Å². The lowest BCUT2D eigenvalue weighted by Gasteiger charge is -2.58. The van der Waals surface area contributed by atoms with Crippen LogP contribution in [0.5, 0.6) is 0 Å². The van der Waals surface area contributed by atoms with E-state index >= 15 is 0 Å². The molecule has 3 rings (SSSR count). The van der Waals surface area contributed by atoms with Crippen molar-refractivity contribution in [2.45, 2.75) is 64.9 Å². The molecule has 1 aliphatic heterocycles. The number of hydrogen-bond donors (Lipinski definition) is 0. The van der Waals surface area contributed by atoms with Gasteiger partial charge < -0.3 is 9.64 Å². The Morgan fingerprint density at radius 2 is 1.74 bits per heavy atom. The SMILES string of the molecule is CC(C)(C)OC(=O)N1CC2(CC(CC(=O)CC(=O)C3CC3)C2)C1. The van der Waals surface area contributed by atoms with Gasteiger partial charge in [-0.15, -0.1) is 0 Å². The molecular formula is C18H27NO4. The van der Waals surface area contributed by atoms with E-state index in [1.165, 1.54) is 0 Å². The Balaban J connectivity index is 1.35. The molecule has 1 spiro atoms. The minimum absolute atomic E-state index is 0.102. The van der Waals surface area contributed by atoms with E-state index in [0.29, 0.717) is 12.3 Å². The van der Waals surface area contributed by atoms with Gasteiger partial charge in [0.05, 0.1) is 6.42 Å². The summed E-state index contributed by atoms with van der Waals surface area (Å²) in [4.78, 5) is 37.3. The zero-order chi connectivity index (χ0) is 16.8. The standard InChI is InChI=1S/C18H27NO4/c1-17(2,3)23-16(22)19-10-18(11-19)8-12(9-18)6-14(20)7-15(21)13-4-5-13/h12-13H,4-11H2,1-3H3. The molecule has 1 saturated heterocycles. The fourth-order valence-corrected chi connectivity index (χ4v) is 3.92. The molecule has 3 fully saturated rings. The van der Waals surface area contributed by atoms with Crippen molar-refractivity contribution in [2.75, 3.05) is 13.1 Å². The molecule has 0 atom stereocenters.